The summed E-state index contributed by atoms with van der Waals surface area (Å²) in [6, 6.07) is 10.4. The summed E-state index contributed by atoms with van der Waals surface area (Å²) in [7, 11) is 0. The minimum atomic E-state index is -0.860. The highest BCUT2D eigenvalue weighted by molar-refractivity contribution is 6.04. The summed E-state index contributed by atoms with van der Waals surface area (Å²) in [4.78, 5) is 26.2. The number of amides is 2. The molecule has 136 valence electrons. The smallest absolute Gasteiger partial charge is 0.229 e. The molecule has 26 heavy (non-hydrogen) atoms. The maximum absolute atomic E-state index is 13.7. The van der Waals surface area contributed by atoms with E-state index in [-0.39, 0.29) is 18.9 Å². The number of benzene rings is 2. The number of carbonyl (C=O) groups is 2. The van der Waals surface area contributed by atoms with Gasteiger partial charge in [-0.05, 0) is 31.2 Å². The average Bonchev–Trinajstić information content (AvgIpc) is 3.01. The predicted octanol–water partition coefficient (Wildman–Crippen LogP) is 3.36. The molecule has 2 aromatic carbocycles. The molecule has 1 N–H and O–H groups in total. The molecule has 1 unspecified atom stereocenters. The Morgan fingerprint density at radius 3 is 2.58 bits per heavy atom. The van der Waals surface area contributed by atoms with Gasteiger partial charge in [-0.25, -0.2) is 8.78 Å². The quantitative estimate of drug-likeness (QED) is 0.890. The number of para-hydroxylation sites is 3. The number of carbonyl (C=O) groups excluding carboxylic acids is 2. The fourth-order valence-electron chi connectivity index (χ4n) is 2.92. The normalized spacial score (nSPS) is 16.7. The molecule has 5 nitrogen and oxygen atoms in total. The second-order valence-corrected chi connectivity index (χ2v) is 5.89. The van der Waals surface area contributed by atoms with E-state index in [1.807, 2.05) is 6.92 Å². The van der Waals surface area contributed by atoms with Crippen molar-refractivity contribution in [3.63, 3.8) is 0 Å². The molecule has 1 aliphatic rings. The molecule has 0 bridgehead atoms. The monoisotopic (exact) mass is 360 g/mol. The maximum atomic E-state index is 13.7. The molecule has 2 amide bonds. The first kappa shape index (κ1) is 17.8. The Morgan fingerprint density at radius 1 is 1.19 bits per heavy atom. The van der Waals surface area contributed by atoms with Gasteiger partial charge in [0.05, 0.1) is 18.2 Å². The van der Waals surface area contributed by atoms with E-state index in [0.29, 0.717) is 18.0 Å². The third kappa shape index (κ3) is 3.51. The van der Waals surface area contributed by atoms with Gasteiger partial charge in [-0.15, -0.1) is 0 Å². The van der Waals surface area contributed by atoms with E-state index in [2.05, 4.69) is 5.32 Å². The molecule has 1 saturated heterocycles. The number of anilines is 2. The highest BCUT2D eigenvalue weighted by Gasteiger charge is 2.36. The number of rotatable bonds is 5. The van der Waals surface area contributed by atoms with Crippen LogP contribution >= 0.6 is 0 Å². The van der Waals surface area contributed by atoms with Gasteiger partial charge in [0.1, 0.15) is 23.1 Å². The summed E-state index contributed by atoms with van der Waals surface area (Å²) in [5, 5.41) is 2.25. The highest BCUT2D eigenvalue weighted by atomic mass is 19.1. The molecule has 0 radical (unpaired) electrons. The standard InChI is InChI=1S/C19H18F2N2O3/c1-2-26-16-9-4-3-8-15(16)23-11-12(10-17(23)24)19(25)22-18-13(20)6-5-7-14(18)21/h3-9,12H,2,10-11H2,1H3,(H,22,25). The van der Waals surface area contributed by atoms with Crippen LogP contribution in [0.1, 0.15) is 13.3 Å². The molecule has 1 aliphatic heterocycles. The van der Waals surface area contributed by atoms with Crippen LogP contribution in [0.15, 0.2) is 42.5 Å². The van der Waals surface area contributed by atoms with Crippen molar-refractivity contribution < 1.29 is 23.1 Å². The van der Waals surface area contributed by atoms with Gasteiger partial charge in [0.25, 0.3) is 0 Å². The van der Waals surface area contributed by atoms with Crippen molar-refractivity contribution in [2.24, 2.45) is 5.92 Å². The van der Waals surface area contributed by atoms with Crippen LogP contribution in [-0.2, 0) is 9.59 Å². The Morgan fingerprint density at radius 2 is 1.88 bits per heavy atom. The van der Waals surface area contributed by atoms with Gasteiger partial charge in [-0.3, -0.25) is 9.59 Å². The van der Waals surface area contributed by atoms with Gasteiger partial charge in [0.2, 0.25) is 11.8 Å². The van der Waals surface area contributed by atoms with Crippen LogP contribution in [0.3, 0.4) is 0 Å². The van der Waals surface area contributed by atoms with E-state index in [1.54, 1.807) is 24.3 Å². The molecule has 0 spiro atoms. The summed E-state index contributed by atoms with van der Waals surface area (Å²) >= 11 is 0. The number of halogens is 2. The number of nitrogens with zero attached hydrogens (tertiary/aromatic N) is 1. The first-order valence-electron chi connectivity index (χ1n) is 8.28. The molecule has 0 aromatic heterocycles. The van der Waals surface area contributed by atoms with E-state index >= 15 is 0 Å². The van der Waals surface area contributed by atoms with Crippen LogP contribution in [0.4, 0.5) is 20.2 Å². The summed E-state index contributed by atoms with van der Waals surface area (Å²) in [5.41, 5.74) is 0.0739. The molecule has 1 atom stereocenters. The lowest BCUT2D eigenvalue weighted by Crippen LogP contribution is -2.28. The topological polar surface area (TPSA) is 58.6 Å². The Kier molecular flexibility index (Phi) is 5.16. The molecule has 7 heteroatoms. The van der Waals surface area contributed by atoms with Gasteiger partial charge < -0.3 is 15.0 Å². The van der Waals surface area contributed by atoms with E-state index in [1.165, 1.54) is 11.0 Å². The first-order valence-corrected chi connectivity index (χ1v) is 8.28. The zero-order valence-corrected chi connectivity index (χ0v) is 14.2. The van der Waals surface area contributed by atoms with Crippen LogP contribution < -0.4 is 15.0 Å². The maximum Gasteiger partial charge on any atom is 0.229 e. The van der Waals surface area contributed by atoms with Crippen molar-refractivity contribution in [3.8, 4) is 5.75 Å². The molecule has 2 aromatic rings. The Bertz CT molecular complexity index is 821. The van der Waals surface area contributed by atoms with E-state index in [9.17, 15) is 18.4 Å². The van der Waals surface area contributed by atoms with Gasteiger partial charge in [0.15, 0.2) is 0 Å². The zero-order valence-electron chi connectivity index (χ0n) is 14.2. The number of nitrogens with one attached hydrogen (secondary N) is 1. The summed E-state index contributed by atoms with van der Waals surface area (Å²) < 4.78 is 32.9. The Hall–Kier alpha value is -2.96. The average molecular weight is 360 g/mol. The molecule has 0 aliphatic carbocycles. The van der Waals surface area contributed by atoms with Crippen molar-refractivity contribution >= 4 is 23.2 Å². The van der Waals surface area contributed by atoms with Crippen LogP contribution in [0, 0.1) is 17.6 Å². The minimum Gasteiger partial charge on any atom is -0.492 e. The van der Waals surface area contributed by atoms with Gasteiger partial charge in [0, 0.05) is 13.0 Å². The molecular formula is C19H18F2N2O3. The van der Waals surface area contributed by atoms with Crippen molar-refractivity contribution in [1.29, 1.82) is 0 Å². The Labute approximate surface area is 149 Å². The third-order valence-electron chi connectivity index (χ3n) is 4.16. The summed E-state index contributed by atoms with van der Waals surface area (Å²) in [6.07, 6.45) is -0.0393. The highest BCUT2D eigenvalue weighted by Crippen LogP contribution is 2.33. The lowest BCUT2D eigenvalue weighted by atomic mass is 10.1. The lowest BCUT2D eigenvalue weighted by molar-refractivity contribution is -0.122. The SMILES string of the molecule is CCOc1ccccc1N1CC(C(=O)Nc2c(F)cccc2F)CC1=O. The largest absolute Gasteiger partial charge is 0.492 e. The van der Waals surface area contributed by atoms with Gasteiger partial charge >= 0.3 is 0 Å². The van der Waals surface area contributed by atoms with Crippen LogP contribution in [0.25, 0.3) is 0 Å². The predicted molar refractivity (Wildman–Crippen MR) is 93.1 cm³/mol. The van der Waals surface area contributed by atoms with Crippen molar-refractivity contribution in [2.45, 2.75) is 13.3 Å². The minimum absolute atomic E-state index is 0.0393. The van der Waals surface area contributed by atoms with Crippen LogP contribution in [-0.4, -0.2) is 25.0 Å². The van der Waals surface area contributed by atoms with E-state index in [4.69, 9.17) is 4.74 Å². The van der Waals surface area contributed by atoms with Gasteiger partial charge in [-0.1, -0.05) is 18.2 Å². The second kappa shape index (κ2) is 7.51. The molecule has 1 fully saturated rings. The Balaban J connectivity index is 1.77. The third-order valence-corrected chi connectivity index (χ3v) is 4.16. The lowest BCUT2D eigenvalue weighted by Gasteiger charge is -2.20. The first-order chi connectivity index (χ1) is 12.5. The van der Waals surface area contributed by atoms with Crippen molar-refractivity contribution in [2.75, 3.05) is 23.4 Å². The number of hydrogen-bond donors (Lipinski definition) is 1. The fourth-order valence-corrected chi connectivity index (χ4v) is 2.92. The van der Waals surface area contributed by atoms with Crippen molar-refractivity contribution in [1.82, 2.24) is 0 Å². The van der Waals surface area contributed by atoms with Crippen LogP contribution in [0.2, 0.25) is 0 Å². The number of ether oxygens (including phenoxy) is 1. The second-order valence-electron chi connectivity index (χ2n) is 5.89. The molecular weight excluding hydrogens is 342 g/mol. The van der Waals surface area contributed by atoms with Crippen LogP contribution in [0.5, 0.6) is 5.75 Å². The fraction of sp³-hybridized carbons (Fsp3) is 0.263. The molecule has 0 saturated carbocycles. The summed E-state index contributed by atoms with van der Waals surface area (Å²) in [6.45, 7) is 2.39. The zero-order chi connectivity index (χ0) is 18.7. The van der Waals surface area contributed by atoms with Gasteiger partial charge in [-0.2, -0.15) is 0 Å². The number of hydrogen-bond acceptors (Lipinski definition) is 3. The van der Waals surface area contributed by atoms with E-state index < -0.39 is 29.1 Å². The van der Waals surface area contributed by atoms with E-state index in [0.717, 1.165) is 12.1 Å². The summed E-state index contributed by atoms with van der Waals surface area (Å²) in [5.74, 6) is -2.73. The molecule has 1 heterocycles. The molecule has 3 rings (SSSR count). The van der Waals surface area contributed by atoms with Crippen molar-refractivity contribution in [3.05, 3.63) is 54.1 Å².